The van der Waals surface area contributed by atoms with Crippen LogP contribution in [0.4, 0.5) is 101 Å². The summed E-state index contributed by atoms with van der Waals surface area (Å²) >= 11 is 0. The molecule has 0 saturated heterocycles. The molecule has 0 bridgehead atoms. The van der Waals surface area contributed by atoms with Gasteiger partial charge < -0.3 is 0 Å². The molecule has 528 valence electrons. The zero-order chi connectivity index (χ0) is 72.6. The zero-order valence-electron chi connectivity index (χ0n) is 49.2. The summed E-state index contributed by atoms with van der Waals surface area (Å²) in [6, 6.07) is 48.3. The summed E-state index contributed by atoms with van der Waals surface area (Å²) in [4.78, 5) is 46.4. The molecular weight excluding hydrogens is 1550 g/mol. The first-order valence-electron chi connectivity index (χ1n) is 26.8. The van der Waals surface area contributed by atoms with Gasteiger partial charge in [0.2, 0.25) is 0 Å². The molecule has 41 heteroatoms. The number of hydrogen-bond donors (Lipinski definition) is 0. The first-order valence-corrected chi connectivity index (χ1v) is 34.9. The van der Waals surface area contributed by atoms with Gasteiger partial charge in [0.05, 0.1) is 77.6 Å². The van der Waals surface area contributed by atoms with Crippen molar-refractivity contribution in [2.24, 2.45) is 14.1 Å². The minimum Gasteiger partial charge on any atom is -0.254 e. The number of halogens is 24. The van der Waals surface area contributed by atoms with Gasteiger partial charge in [-0.3, -0.25) is 29.9 Å². The molecule has 4 aromatic carbocycles. The van der Waals surface area contributed by atoms with E-state index in [4.69, 9.17) is 19.9 Å². The Balaban J connectivity index is 0.000000175. The molecule has 14 rings (SSSR count). The van der Waals surface area contributed by atoms with Crippen molar-refractivity contribution in [2.75, 3.05) is 0 Å². The number of rotatable bonds is 3. The van der Waals surface area contributed by atoms with E-state index in [2.05, 4.69) is 66.3 Å². The fourth-order valence-corrected chi connectivity index (χ4v) is 8.78. The Kier molecular flexibility index (Phi) is 19.3. The van der Waals surface area contributed by atoms with E-state index in [0.29, 0.717) is 0 Å². The predicted molar refractivity (Wildman–Crippen MR) is 330 cm³/mol. The van der Waals surface area contributed by atoms with E-state index in [1.54, 1.807) is 24.8 Å². The average molecular weight is 1590 g/mol. The van der Waals surface area contributed by atoms with E-state index < -0.39 is 31.2 Å². The van der Waals surface area contributed by atoms with Crippen LogP contribution >= 0.6 is 31.2 Å². The van der Waals surface area contributed by atoms with Gasteiger partial charge >= 0.3 is 151 Å². The van der Waals surface area contributed by atoms with E-state index >= 15 is 0 Å². The second kappa shape index (κ2) is 24.7. The van der Waals surface area contributed by atoms with Crippen molar-refractivity contribution in [3.8, 4) is 33.6 Å². The summed E-state index contributed by atoms with van der Waals surface area (Å²) in [7, 11) is -38.6. The van der Waals surface area contributed by atoms with E-state index in [0.717, 1.165) is 110 Å². The molecule has 0 aliphatic carbocycles. The van der Waals surface area contributed by atoms with Gasteiger partial charge in [-0.1, -0.05) is 24.3 Å². The molecule has 0 N–H and O–H groups in total. The van der Waals surface area contributed by atoms with Crippen molar-refractivity contribution >= 4 is 119 Å². The fourth-order valence-electron chi connectivity index (χ4n) is 8.78. The Bertz CT molecular complexity index is 4730. The van der Waals surface area contributed by atoms with E-state index in [1.165, 1.54) is 11.1 Å². The summed E-state index contributed by atoms with van der Waals surface area (Å²) in [5, 5.41) is 3.95. The summed E-state index contributed by atoms with van der Waals surface area (Å²) in [6.07, 6.45) is 19.0. The molecule has 0 saturated carbocycles. The Morgan fingerprint density at radius 2 is 0.455 bits per heavy atom. The van der Waals surface area contributed by atoms with Crippen LogP contribution in [0.5, 0.6) is 0 Å². The second-order valence-electron chi connectivity index (χ2n) is 20.6. The second-order valence-corrected chi connectivity index (χ2v) is 28.3. The normalized spacial score (nSPS) is 14.5. The number of benzene rings is 4. The Labute approximate surface area is 551 Å². The fraction of sp³-hybridized carbons (Fsp3) is 0.0345. The predicted octanol–water partition coefficient (Wildman–Crippen LogP) is 24.4. The van der Waals surface area contributed by atoms with Gasteiger partial charge in [0.1, 0.15) is 14.1 Å². The maximum Gasteiger partial charge on any atom is 2.00 e. The maximum atomic E-state index is 9.87. The summed E-state index contributed by atoms with van der Waals surface area (Å²) < 4.78 is 241. The number of fused-ring (bicyclic) bond motifs is 14. The van der Waals surface area contributed by atoms with Gasteiger partial charge in [0.25, 0.3) is 0 Å². The van der Waals surface area contributed by atoms with Gasteiger partial charge in [-0.2, -0.15) is 0 Å². The minimum atomic E-state index is -10.7. The van der Waals surface area contributed by atoms with Crippen molar-refractivity contribution in [2.45, 2.75) is 0 Å². The Hall–Kier alpha value is -9.02. The number of para-hydroxylation sites is 4. The van der Waals surface area contributed by atoms with Gasteiger partial charge in [-0.25, -0.2) is 29.1 Å². The third kappa shape index (κ3) is 27.3. The molecule has 10 heterocycles. The monoisotopic (exact) mass is 1590 g/mol. The van der Waals surface area contributed by atoms with Gasteiger partial charge in [0.15, 0.2) is 24.8 Å². The summed E-state index contributed by atoms with van der Waals surface area (Å²) in [6.45, 7) is 0. The molecule has 0 atom stereocenters. The quantitative estimate of drug-likeness (QED) is 0.0420. The maximum absolute atomic E-state index is 10.7. The van der Waals surface area contributed by atoms with Crippen LogP contribution in [0.15, 0.2) is 208 Å². The van der Waals surface area contributed by atoms with Crippen LogP contribution in [0.2, 0.25) is 0 Å². The molecule has 0 aliphatic rings. The average Bonchev–Trinajstić information content (AvgIpc) is 0.707. The Morgan fingerprint density at radius 3 is 0.667 bits per heavy atom. The van der Waals surface area contributed by atoms with Crippen LogP contribution in [-0.2, 0) is 33.6 Å². The smallest absolute Gasteiger partial charge is 0.254 e. The van der Waals surface area contributed by atoms with Crippen LogP contribution in [0, 0.1) is 0 Å². The summed E-state index contributed by atoms with van der Waals surface area (Å²) in [5.74, 6) is 0. The van der Waals surface area contributed by atoms with Crippen LogP contribution in [-0.4, -0.2) is 49.8 Å². The summed E-state index contributed by atoms with van der Waals surface area (Å²) in [5.41, 5.74) is 16.9. The van der Waals surface area contributed by atoms with Crippen molar-refractivity contribution in [3.05, 3.63) is 208 Å². The Morgan fingerprint density at radius 1 is 0.242 bits per heavy atom. The van der Waals surface area contributed by atoms with Gasteiger partial charge in [0, 0.05) is 83.0 Å². The first kappa shape index (κ1) is 77.3. The van der Waals surface area contributed by atoms with Crippen molar-refractivity contribution in [1.29, 1.82) is 0 Å². The molecule has 0 radical (unpaired) electrons. The molecule has 12 nitrogen and oxygen atoms in total. The molecule has 99 heavy (non-hydrogen) atoms. The SMILES string of the molecule is C[n+]1ccc(-c2ccnc(-c3cc(-c4cc[n+](C)cc4)ccn3)c2)cc1.F[P-](F)(F)(F)(F)F.F[P-](F)(F)(F)(F)F.F[P-](F)(F)(F)(F)F.F[P-](F)(F)(F)(F)F.[Ru+2].c1ccc2nc3c4cccnc4c4ncccc4c3nc2c1.c1ccc2nc3c4cccnc4c4ncccc4c3nc2c1. The number of nitrogens with zero attached hydrogens (tertiary/aromatic N) is 12. The van der Waals surface area contributed by atoms with Crippen molar-refractivity contribution < 1.29 is 129 Å². The van der Waals surface area contributed by atoms with Crippen LogP contribution in [0.25, 0.3) is 121 Å². The van der Waals surface area contributed by atoms with E-state index in [9.17, 15) is 101 Å². The van der Waals surface area contributed by atoms with Crippen molar-refractivity contribution in [1.82, 2.24) is 49.8 Å². The van der Waals surface area contributed by atoms with Crippen LogP contribution in [0.3, 0.4) is 0 Å². The molecular formula is C58H40F24N12P4Ru. The third-order valence-corrected chi connectivity index (χ3v) is 12.2. The molecule has 0 spiro atoms. The first-order chi connectivity index (χ1) is 44.3. The number of aromatic nitrogens is 12. The van der Waals surface area contributed by atoms with Gasteiger partial charge in [-0.05, 0) is 119 Å². The number of hydrogen-bond acceptors (Lipinski definition) is 10. The number of pyridine rings is 8. The van der Waals surface area contributed by atoms with E-state index in [1.807, 2.05) is 170 Å². The van der Waals surface area contributed by atoms with Crippen molar-refractivity contribution in [3.63, 3.8) is 0 Å². The van der Waals surface area contributed by atoms with E-state index in [-0.39, 0.29) is 19.5 Å². The molecule has 10 aromatic heterocycles. The molecule has 0 aliphatic heterocycles. The molecule has 0 unspecified atom stereocenters. The topological polar surface area (TPSA) is 137 Å². The standard InChI is InChI=1S/C22H20N4.2C18H10N4.4F6P.Ru/c1-25-11-5-17(6-12-25)19-3-9-23-21(15-19)22-16-20(4-10-24-22)18-7-13-26(2)14-8-18;2*1-2-8-14-13(7-1)21-17-11-5-3-9-19-15(11)16-12(18(17)22-14)6-4-10-20-16;4*1-7(2,3,4,5)6;/h3-16H,1-2H3;2*1-10H;;;;;/q+2;;;4*-1;+2. The molecule has 0 amide bonds. The molecule has 14 aromatic rings. The molecule has 0 fully saturated rings. The van der Waals surface area contributed by atoms with Gasteiger partial charge in [-0.15, -0.1) is 0 Å². The minimum absolute atomic E-state index is 0. The van der Waals surface area contributed by atoms with Crippen LogP contribution in [0.1, 0.15) is 0 Å². The zero-order valence-corrected chi connectivity index (χ0v) is 54.5. The third-order valence-electron chi connectivity index (χ3n) is 12.2. The van der Waals surface area contributed by atoms with Crippen LogP contribution < -0.4 is 9.13 Å². The largest absolute Gasteiger partial charge is 2.00 e. The number of aryl methyl sites for hydroxylation is 2.